The van der Waals surface area contributed by atoms with E-state index in [1.54, 1.807) is 4.90 Å². The molecule has 2 fully saturated rings. The number of rotatable bonds is 2. The number of piperazine rings is 1. The first-order chi connectivity index (χ1) is 11.2. The molecule has 5 nitrogen and oxygen atoms in total. The van der Waals surface area contributed by atoms with Crippen LogP contribution in [0.1, 0.15) is 34.3 Å². The highest BCUT2D eigenvalue weighted by atomic mass is 16.2. The van der Waals surface area contributed by atoms with Crippen molar-refractivity contribution in [2.75, 3.05) is 32.7 Å². The van der Waals surface area contributed by atoms with Gasteiger partial charge in [-0.2, -0.15) is 0 Å². The Morgan fingerprint density at radius 2 is 1.87 bits per heavy atom. The molecule has 0 spiro atoms. The van der Waals surface area contributed by atoms with Gasteiger partial charge in [0, 0.05) is 24.7 Å². The molecule has 0 aromatic heterocycles. The van der Waals surface area contributed by atoms with Gasteiger partial charge in [-0.25, -0.2) is 0 Å². The number of fused-ring (bicyclic) bond motifs is 1. The zero-order chi connectivity index (χ0) is 15.8. The summed E-state index contributed by atoms with van der Waals surface area (Å²) < 4.78 is 0. The minimum atomic E-state index is -0.00574. The third-order valence-electron chi connectivity index (χ3n) is 5.13. The van der Waals surface area contributed by atoms with Gasteiger partial charge in [-0.3, -0.25) is 9.59 Å². The summed E-state index contributed by atoms with van der Waals surface area (Å²) >= 11 is 0. The lowest BCUT2D eigenvalue weighted by atomic mass is 9.99. The first-order valence-corrected chi connectivity index (χ1v) is 8.63. The molecule has 0 atom stereocenters. The van der Waals surface area contributed by atoms with E-state index in [0.717, 1.165) is 44.3 Å². The molecule has 5 heteroatoms. The van der Waals surface area contributed by atoms with Crippen LogP contribution in [0.5, 0.6) is 0 Å². The van der Waals surface area contributed by atoms with Crippen LogP contribution < -0.4 is 5.32 Å². The fourth-order valence-corrected chi connectivity index (χ4v) is 3.62. The van der Waals surface area contributed by atoms with E-state index in [1.807, 2.05) is 17.0 Å². The van der Waals surface area contributed by atoms with Crippen molar-refractivity contribution >= 4 is 11.8 Å². The third-order valence-corrected chi connectivity index (χ3v) is 5.13. The fraction of sp³-hybridized carbons (Fsp3) is 0.556. The number of hydrogen-bond acceptors (Lipinski definition) is 3. The van der Waals surface area contributed by atoms with E-state index in [2.05, 4.69) is 11.4 Å². The van der Waals surface area contributed by atoms with Gasteiger partial charge in [-0.15, -0.1) is 0 Å². The monoisotopic (exact) mass is 313 g/mol. The molecular formula is C18H23N3O2. The minimum absolute atomic E-state index is 0.00574. The molecule has 2 amide bonds. The van der Waals surface area contributed by atoms with Gasteiger partial charge in [0.05, 0.1) is 0 Å². The maximum atomic E-state index is 12.7. The molecule has 0 unspecified atom stereocenters. The van der Waals surface area contributed by atoms with Crippen LogP contribution in [0.3, 0.4) is 0 Å². The molecule has 2 aliphatic heterocycles. The number of amides is 2. The second-order valence-electron chi connectivity index (χ2n) is 6.78. The molecule has 3 aliphatic rings. The molecule has 0 bridgehead atoms. The average molecular weight is 313 g/mol. The van der Waals surface area contributed by atoms with E-state index in [-0.39, 0.29) is 18.4 Å². The smallest absolute Gasteiger partial charge is 0.254 e. The molecule has 0 radical (unpaired) electrons. The van der Waals surface area contributed by atoms with Gasteiger partial charge in [-0.05, 0) is 62.0 Å². The lowest BCUT2D eigenvalue weighted by molar-refractivity contribution is -0.135. The number of carbonyl (C=O) groups excluding carboxylic acids is 2. The molecule has 1 saturated carbocycles. The highest BCUT2D eigenvalue weighted by Gasteiger charge is 2.36. The van der Waals surface area contributed by atoms with Crippen LogP contribution in [0.4, 0.5) is 0 Å². The van der Waals surface area contributed by atoms with Gasteiger partial charge in [0.25, 0.3) is 5.91 Å². The molecule has 1 saturated heterocycles. The number of benzene rings is 1. The second-order valence-corrected chi connectivity index (χ2v) is 6.78. The van der Waals surface area contributed by atoms with E-state index >= 15 is 0 Å². The highest BCUT2D eigenvalue weighted by molar-refractivity contribution is 5.97. The summed E-state index contributed by atoms with van der Waals surface area (Å²) in [6.45, 7) is 3.53. The maximum Gasteiger partial charge on any atom is 0.254 e. The number of nitrogens with one attached hydrogen (secondary N) is 1. The van der Waals surface area contributed by atoms with E-state index in [9.17, 15) is 9.59 Å². The van der Waals surface area contributed by atoms with E-state index in [0.29, 0.717) is 19.1 Å². The molecular weight excluding hydrogens is 290 g/mol. The zero-order valence-electron chi connectivity index (χ0n) is 13.4. The Morgan fingerprint density at radius 3 is 2.61 bits per heavy atom. The van der Waals surface area contributed by atoms with Gasteiger partial charge < -0.3 is 15.1 Å². The van der Waals surface area contributed by atoms with Crippen molar-refractivity contribution in [1.29, 1.82) is 0 Å². The Hall–Kier alpha value is -1.88. The van der Waals surface area contributed by atoms with Crippen molar-refractivity contribution in [3.05, 3.63) is 34.9 Å². The first kappa shape index (κ1) is 14.7. The van der Waals surface area contributed by atoms with Crippen molar-refractivity contribution in [3.8, 4) is 0 Å². The van der Waals surface area contributed by atoms with Crippen molar-refractivity contribution in [1.82, 2.24) is 15.1 Å². The maximum absolute atomic E-state index is 12.7. The average Bonchev–Trinajstić information content (AvgIpc) is 3.40. The van der Waals surface area contributed by atoms with E-state index in [1.165, 1.54) is 11.1 Å². The summed E-state index contributed by atoms with van der Waals surface area (Å²) in [5.74, 6) is 0.0971. The molecule has 1 aromatic carbocycles. The number of nitrogens with zero attached hydrogens (tertiary/aromatic N) is 2. The Morgan fingerprint density at radius 1 is 1.09 bits per heavy atom. The molecule has 122 valence electrons. The first-order valence-electron chi connectivity index (χ1n) is 8.63. The van der Waals surface area contributed by atoms with Gasteiger partial charge >= 0.3 is 0 Å². The SMILES string of the molecule is O=C(c1ccc2c(c1)CCNCC2)N1CCN(C2CC2)C(=O)C1. The second kappa shape index (κ2) is 5.96. The molecule has 1 N–H and O–H groups in total. The Labute approximate surface area is 136 Å². The van der Waals surface area contributed by atoms with Gasteiger partial charge in [0.1, 0.15) is 6.54 Å². The zero-order valence-corrected chi connectivity index (χ0v) is 13.4. The van der Waals surface area contributed by atoms with E-state index < -0.39 is 0 Å². The fourth-order valence-electron chi connectivity index (χ4n) is 3.62. The third kappa shape index (κ3) is 2.98. The Balaban J connectivity index is 1.48. The lowest BCUT2D eigenvalue weighted by Crippen LogP contribution is -2.52. The van der Waals surface area contributed by atoms with Crippen LogP contribution in [0, 0.1) is 0 Å². The topological polar surface area (TPSA) is 52.7 Å². The Bertz CT molecular complexity index is 639. The predicted octanol–water partition coefficient (Wildman–Crippen LogP) is 0.822. The summed E-state index contributed by atoms with van der Waals surface area (Å²) in [6, 6.07) is 6.48. The van der Waals surface area contributed by atoms with Crippen molar-refractivity contribution in [3.63, 3.8) is 0 Å². The number of carbonyl (C=O) groups is 2. The standard InChI is InChI=1S/C18H23N3O2/c22-17-12-20(9-10-21(17)16-3-4-16)18(23)15-2-1-13-5-7-19-8-6-14(13)11-15/h1-2,11,16,19H,3-10,12H2. The molecule has 23 heavy (non-hydrogen) atoms. The summed E-state index contributed by atoms with van der Waals surface area (Å²) in [4.78, 5) is 28.6. The molecule has 4 rings (SSSR count). The summed E-state index contributed by atoms with van der Waals surface area (Å²) in [5, 5.41) is 3.39. The van der Waals surface area contributed by atoms with Crippen molar-refractivity contribution < 1.29 is 9.59 Å². The number of hydrogen-bond donors (Lipinski definition) is 1. The Kier molecular flexibility index (Phi) is 3.81. The van der Waals surface area contributed by atoms with Gasteiger partial charge in [0.2, 0.25) is 5.91 Å². The van der Waals surface area contributed by atoms with Crippen LogP contribution in [-0.4, -0.2) is 60.4 Å². The molecule has 1 aliphatic carbocycles. The lowest BCUT2D eigenvalue weighted by Gasteiger charge is -2.34. The molecule has 1 aromatic rings. The summed E-state index contributed by atoms with van der Waals surface area (Å²) in [6.07, 6.45) is 4.23. The van der Waals surface area contributed by atoms with E-state index in [4.69, 9.17) is 0 Å². The van der Waals surface area contributed by atoms with Crippen molar-refractivity contribution in [2.24, 2.45) is 0 Å². The van der Waals surface area contributed by atoms with Crippen LogP contribution in [-0.2, 0) is 17.6 Å². The van der Waals surface area contributed by atoms with Crippen molar-refractivity contribution in [2.45, 2.75) is 31.7 Å². The van der Waals surface area contributed by atoms with Crippen LogP contribution in [0.2, 0.25) is 0 Å². The van der Waals surface area contributed by atoms with Crippen LogP contribution in [0.25, 0.3) is 0 Å². The van der Waals surface area contributed by atoms with Crippen LogP contribution in [0.15, 0.2) is 18.2 Å². The summed E-state index contributed by atoms with van der Waals surface area (Å²) in [7, 11) is 0. The minimum Gasteiger partial charge on any atom is -0.336 e. The predicted molar refractivity (Wildman–Crippen MR) is 87.4 cm³/mol. The largest absolute Gasteiger partial charge is 0.336 e. The molecule has 2 heterocycles. The van der Waals surface area contributed by atoms with Gasteiger partial charge in [-0.1, -0.05) is 6.07 Å². The quantitative estimate of drug-likeness (QED) is 0.879. The summed E-state index contributed by atoms with van der Waals surface area (Å²) in [5.41, 5.74) is 3.32. The van der Waals surface area contributed by atoms with Gasteiger partial charge in [0.15, 0.2) is 0 Å². The van der Waals surface area contributed by atoms with Crippen LogP contribution >= 0.6 is 0 Å². The highest BCUT2D eigenvalue weighted by Crippen LogP contribution is 2.28. The normalized spacial score (nSPS) is 21.8.